The molecule has 3 N–H and O–H groups in total. The molecular formula is C16H22N2S. The zero-order chi connectivity index (χ0) is 13.5. The van der Waals surface area contributed by atoms with E-state index in [2.05, 4.69) is 48.6 Å². The van der Waals surface area contributed by atoms with Crippen LogP contribution in [-0.2, 0) is 13.0 Å². The van der Waals surface area contributed by atoms with Crippen molar-refractivity contribution in [2.45, 2.75) is 25.8 Å². The minimum absolute atomic E-state index is 0.395. The Balaban J connectivity index is 1.83. The molecule has 0 fully saturated rings. The molecule has 0 aliphatic heterocycles. The van der Waals surface area contributed by atoms with Crippen LogP contribution in [0, 0.1) is 0 Å². The molecule has 1 aromatic heterocycles. The fourth-order valence-corrected chi connectivity index (χ4v) is 3.07. The fourth-order valence-electron chi connectivity index (χ4n) is 2.14. The van der Waals surface area contributed by atoms with Crippen molar-refractivity contribution in [1.82, 2.24) is 5.32 Å². The highest BCUT2D eigenvalue weighted by Crippen LogP contribution is 2.17. The normalized spacial score (nSPS) is 12.5. The molecule has 0 aliphatic rings. The molecule has 1 atom stereocenters. The summed E-state index contributed by atoms with van der Waals surface area (Å²) in [6, 6.07) is 14.9. The summed E-state index contributed by atoms with van der Waals surface area (Å²) < 4.78 is 0. The maximum Gasteiger partial charge on any atom is 0.0300 e. The SMILES string of the molecule is CCc1ccc(CNCC(CN)c2ccccc2)s1. The highest BCUT2D eigenvalue weighted by molar-refractivity contribution is 7.11. The van der Waals surface area contributed by atoms with Crippen molar-refractivity contribution in [3.8, 4) is 0 Å². The van der Waals surface area contributed by atoms with Gasteiger partial charge in [-0.3, -0.25) is 0 Å². The van der Waals surface area contributed by atoms with E-state index in [-0.39, 0.29) is 0 Å². The van der Waals surface area contributed by atoms with E-state index in [4.69, 9.17) is 5.73 Å². The molecule has 102 valence electrons. The third-order valence-electron chi connectivity index (χ3n) is 3.31. The highest BCUT2D eigenvalue weighted by atomic mass is 32.1. The molecule has 2 rings (SSSR count). The van der Waals surface area contributed by atoms with Gasteiger partial charge < -0.3 is 11.1 Å². The second kappa shape index (κ2) is 7.43. The lowest BCUT2D eigenvalue weighted by Crippen LogP contribution is -2.26. The first kappa shape index (κ1) is 14.3. The Bertz CT molecular complexity index is 479. The maximum absolute atomic E-state index is 5.87. The average molecular weight is 274 g/mol. The Labute approximate surface area is 119 Å². The average Bonchev–Trinajstić information content (AvgIpc) is 2.92. The van der Waals surface area contributed by atoms with Crippen LogP contribution in [0.2, 0.25) is 0 Å². The second-order valence-corrected chi connectivity index (χ2v) is 5.95. The maximum atomic E-state index is 5.87. The van der Waals surface area contributed by atoms with Gasteiger partial charge in [0.15, 0.2) is 0 Å². The topological polar surface area (TPSA) is 38.0 Å². The molecule has 1 heterocycles. The van der Waals surface area contributed by atoms with Crippen LogP contribution in [0.1, 0.15) is 28.2 Å². The summed E-state index contributed by atoms with van der Waals surface area (Å²) >= 11 is 1.89. The van der Waals surface area contributed by atoms with E-state index >= 15 is 0 Å². The number of hydrogen-bond acceptors (Lipinski definition) is 3. The summed E-state index contributed by atoms with van der Waals surface area (Å²) in [4.78, 5) is 2.86. The Morgan fingerprint density at radius 2 is 1.84 bits per heavy atom. The van der Waals surface area contributed by atoms with Crippen molar-refractivity contribution < 1.29 is 0 Å². The van der Waals surface area contributed by atoms with Gasteiger partial charge in [0.25, 0.3) is 0 Å². The summed E-state index contributed by atoms with van der Waals surface area (Å²) in [5, 5.41) is 3.52. The number of aryl methyl sites for hydroxylation is 1. The Kier molecular flexibility index (Phi) is 5.58. The first-order valence-electron chi connectivity index (χ1n) is 6.86. The van der Waals surface area contributed by atoms with E-state index < -0.39 is 0 Å². The lowest BCUT2D eigenvalue weighted by atomic mass is 9.99. The lowest BCUT2D eigenvalue weighted by molar-refractivity contribution is 0.591. The monoisotopic (exact) mass is 274 g/mol. The van der Waals surface area contributed by atoms with Gasteiger partial charge in [-0.05, 0) is 24.1 Å². The summed E-state index contributed by atoms with van der Waals surface area (Å²) in [7, 11) is 0. The molecule has 3 heteroatoms. The van der Waals surface area contributed by atoms with Gasteiger partial charge in [0.2, 0.25) is 0 Å². The van der Waals surface area contributed by atoms with Gasteiger partial charge in [0.1, 0.15) is 0 Å². The number of thiophene rings is 1. The largest absolute Gasteiger partial charge is 0.330 e. The second-order valence-electron chi connectivity index (χ2n) is 4.70. The van der Waals surface area contributed by atoms with Crippen LogP contribution >= 0.6 is 11.3 Å². The highest BCUT2D eigenvalue weighted by Gasteiger charge is 2.08. The van der Waals surface area contributed by atoms with E-state index in [0.717, 1.165) is 19.5 Å². The molecule has 0 bridgehead atoms. The Hall–Kier alpha value is -1.16. The van der Waals surface area contributed by atoms with E-state index in [0.29, 0.717) is 12.5 Å². The first-order valence-corrected chi connectivity index (χ1v) is 7.68. The van der Waals surface area contributed by atoms with Crippen molar-refractivity contribution in [1.29, 1.82) is 0 Å². The van der Waals surface area contributed by atoms with E-state index in [1.165, 1.54) is 15.3 Å². The minimum Gasteiger partial charge on any atom is -0.330 e. The third kappa shape index (κ3) is 4.16. The summed E-state index contributed by atoms with van der Waals surface area (Å²) in [5.41, 5.74) is 7.19. The number of nitrogens with two attached hydrogens (primary N) is 1. The van der Waals surface area contributed by atoms with Gasteiger partial charge >= 0.3 is 0 Å². The molecule has 1 unspecified atom stereocenters. The smallest absolute Gasteiger partial charge is 0.0300 e. The predicted molar refractivity (Wildman–Crippen MR) is 83.6 cm³/mol. The van der Waals surface area contributed by atoms with Crippen molar-refractivity contribution in [2.24, 2.45) is 5.73 Å². The molecule has 2 aromatic rings. The van der Waals surface area contributed by atoms with Crippen LogP contribution in [-0.4, -0.2) is 13.1 Å². The molecule has 0 saturated heterocycles. The number of benzene rings is 1. The van der Waals surface area contributed by atoms with Gasteiger partial charge in [-0.25, -0.2) is 0 Å². The molecule has 0 aliphatic carbocycles. The van der Waals surface area contributed by atoms with Crippen LogP contribution in [0.25, 0.3) is 0 Å². The molecule has 0 spiro atoms. The van der Waals surface area contributed by atoms with Crippen LogP contribution in [0.5, 0.6) is 0 Å². The van der Waals surface area contributed by atoms with Crippen molar-refractivity contribution in [2.75, 3.05) is 13.1 Å². The van der Waals surface area contributed by atoms with Crippen molar-refractivity contribution in [3.63, 3.8) is 0 Å². The van der Waals surface area contributed by atoms with E-state index in [1.807, 2.05) is 17.4 Å². The molecule has 1 aromatic carbocycles. The van der Waals surface area contributed by atoms with Crippen LogP contribution < -0.4 is 11.1 Å². The van der Waals surface area contributed by atoms with Crippen LogP contribution in [0.15, 0.2) is 42.5 Å². The van der Waals surface area contributed by atoms with E-state index in [9.17, 15) is 0 Å². The molecule has 0 amide bonds. The van der Waals surface area contributed by atoms with Crippen LogP contribution in [0.3, 0.4) is 0 Å². The summed E-state index contributed by atoms with van der Waals surface area (Å²) in [6.07, 6.45) is 1.13. The summed E-state index contributed by atoms with van der Waals surface area (Å²) in [5.74, 6) is 0.395. The third-order valence-corrected chi connectivity index (χ3v) is 4.54. The standard InChI is InChI=1S/C16H22N2S/c1-2-15-8-9-16(19-15)12-18-11-14(10-17)13-6-4-3-5-7-13/h3-9,14,18H,2,10-12,17H2,1H3. The van der Waals surface area contributed by atoms with Gasteiger partial charge in [0, 0.05) is 35.3 Å². The van der Waals surface area contributed by atoms with Gasteiger partial charge in [-0.1, -0.05) is 37.3 Å². The van der Waals surface area contributed by atoms with Gasteiger partial charge in [0.05, 0.1) is 0 Å². The number of nitrogens with one attached hydrogen (secondary N) is 1. The molecule has 0 radical (unpaired) electrons. The van der Waals surface area contributed by atoms with Gasteiger partial charge in [-0.2, -0.15) is 0 Å². The van der Waals surface area contributed by atoms with Gasteiger partial charge in [-0.15, -0.1) is 11.3 Å². The molecule has 2 nitrogen and oxygen atoms in total. The van der Waals surface area contributed by atoms with Crippen molar-refractivity contribution >= 4 is 11.3 Å². The molecule has 19 heavy (non-hydrogen) atoms. The minimum atomic E-state index is 0.395. The molecular weight excluding hydrogens is 252 g/mol. The van der Waals surface area contributed by atoms with Crippen molar-refractivity contribution in [3.05, 3.63) is 57.8 Å². The Morgan fingerprint density at radius 3 is 2.47 bits per heavy atom. The predicted octanol–water partition coefficient (Wildman–Crippen LogP) is 3.14. The Morgan fingerprint density at radius 1 is 1.11 bits per heavy atom. The van der Waals surface area contributed by atoms with Crippen LogP contribution in [0.4, 0.5) is 0 Å². The van der Waals surface area contributed by atoms with E-state index in [1.54, 1.807) is 0 Å². The zero-order valence-corrected chi connectivity index (χ0v) is 12.2. The fraction of sp³-hybridized carbons (Fsp3) is 0.375. The summed E-state index contributed by atoms with van der Waals surface area (Å²) in [6.45, 7) is 4.75. The first-order chi connectivity index (χ1) is 9.33. The zero-order valence-electron chi connectivity index (χ0n) is 11.4. The number of rotatable bonds is 7. The lowest BCUT2D eigenvalue weighted by Gasteiger charge is -2.15. The number of hydrogen-bond donors (Lipinski definition) is 2. The quantitative estimate of drug-likeness (QED) is 0.814. The molecule has 0 saturated carbocycles.